The molecular formula is C15H17BrFN5O3. The Bertz CT molecular complexity index is 761. The van der Waals surface area contributed by atoms with Crippen LogP contribution in [0.1, 0.15) is 31.4 Å². The Morgan fingerprint density at radius 3 is 2.72 bits per heavy atom. The molecule has 1 saturated carbocycles. The maximum atomic E-state index is 13.3. The third-order valence-corrected chi connectivity index (χ3v) is 4.61. The second-order valence-corrected chi connectivity index (χ2v) is 6.64. The van der Waals surface area contributed by atoms with Gasteiger partial charge in [0, 0.05) is 6.04 Å². The van der Waals surface area contributed by atoms with Crippen LogP contribution in [0.2, 0.25) is 0 Å². The highest BCUT2D eigenvalue weighted by molar-refractivity contribution is 9.10. The van der Waals surface area contributed by atoms with Crippen LogP contribution in [0.3, 0.4) is 0 Å². The van der Waals surface area contributed by atoms with Gasteiger partial charge in [-0.25, -0.2) is 14.0 Å². The minimum absolute atomic E-state index is 0.0121. The molecule has 0 saturated heterocycles. The van der Waals surface area contributed by atoms with Crippen molar-refractivity contribution in [3.63, 3.8) is 0 Å². The number of benzene rings is 1. The lowest BCUT2D eigenvalue weighted by atomic mass is 9.93. The van der Waals surface area contributed by atoms with Crippen molar-refractivity contribution in [2.75, 3.05) is 5.32 Å². The molecule has 134 valence electrons. The van der Waals surface area contributed by atoms with Gasteiger partial charge in [0.05, 0.1) is 16.3 Å². The average Bonchev–Trinajstić information content (AvgIpc) is 3.06. The maximum absolute atomic E-state index is 13.3. The predicted octanol–water partition coefficient (Wildman–Crippen LogP) is 2.74. The van der Waals surface area contributed by atoms with Gasteiger partial charge in [0.25, 0.3) is 0 Å². The molecule has 0 spiro atoms. The Balaban J connectivity index is 1.80. The number of hydroxylamine groups is 1. The van der Waals surface area contributed by atoms with Gasteiger partial charge in [0.2, 0.25) is 5.82 Å². The monoisotopic (exact) mass is 413 g/mol. The van der Waals surface area contributed by atoms with Crippen LogP contribution in [0.15, 0.2) is 32.3 Å². The number of aliphatic hydroxyl groups excluding tert-OH is 1. The van der Waals surface area contributed by atoms with Gasteiger partial charge in [0.1, 0.15) is 5.82 Å². The third-order valence-electron chi connectivity index (χ3n) is 4.00. The van der Waals surface area contributed by atoms with Gasteiger partial charge in [-0.05, 0) is 70.1 Å². The summed E-state index contributed by atoms with van der Waals surface area (Å²) in [6.45, 7) is 0. The zero-order valence-corrected chi connectivity index (χ0v) is 14.7. The van der Waals surface area contributed by atoms with Crippen molar-refractivity contribution in [2.24, 2.45) is 4.99 Å². The fraction of sp³-hybridized carbons (Fsp3) is 0.400. The molecule has 8 nitrogen and oxygen atoms in total. The molecule has 0 atom stereocenters. The summed E-state index contributed by atoms with van der Waals surface area (Å²) in [6.07, 6.45) is 2.73. The average molecular weight is 414 g/mol. The number of aliphatic hydroxyl groups is 1. The summed E-state index contributed by atoms with van der Waals surface area (Å²) in [5, 5.41) is 29.8. The van der Waals surface area contributed by atoms with Crippen LogP contribution in [0.5, 0.6) is 0 Å². The zero-order valence-electron chi connectivity index (χ0n) is 13.1. The van der Waals surface area contributed by atoms with E-state index in [0.29, 0.717) is 24.3 Å². The van der Waals surface area contributed by atoms with Crippen LogP contribution in [0, 0.1) is 5.82 Å². The van der Waals surface area contributed by atoms with E-state index in [2.05, 4.69) is 36.6 Å². The molecule has 1 aromatic heterocycles. The number of nitrogens with zero attached hydrogens (tertiary/aromatic N) is 3. The van der Waals surface area contributed by atoms with Crippen LogP contribution in [-0.2, 0) is 0 Å². The smallest absolute Gasteiger partial charge is 0.202 e. The molecule has 1 aliphatic carbocycles. The number of aromatic nitrogens is 2. The normalized spacial score (nSPS) is 21.2. The molecule has 1 fully saturated rings. The van der Waals surface area contributed by atoms with Crippen LogP contribution in [-0.4, -0.2) is 38.6 Å². The van der Waals surface area contributed by atoms with Gasteiger partial charge < -0.3 is 10.4 Å². The number of hydrogen-bond acceptors (Lipinski definition) is 7. The number of halogens is 2. The van der Waals surface area contributed by atoms with Crippen LogP contribution in [0.25, 0.3) is 0 Å². The van der Waals surface area contributed by atoms with Crippen LogP contribution in [0.4, 0.5) is 15.9 Å². The van der Waals surface area contributed by atoms with Gasteiger partial charge in [0.15, 0.2) is 11.5 Å². The van der Waals surface area contributed by atoms with Crippen molar-refractivity contribution in [3.05, 3.63) is 34.2 Å². The first-order valence-corrected chi connectivity index (χ1v) is 8.57. The van der Waals surface area contributed by atoms with Gasteiger partial charge in [-0.1, -0.05) is 0 Å². The minimum atomic E-state index is -0.414. The number of nitrogens with one attached hydrogen (secondary N) is 2. The van der Waals surface area contributed by atoms with E-state index >= 15 is 0 Å². The topological polar surface area (TPSA) is 116 Å². The molecule has 3 rings (SSSR count). The molecule has 0 bridgehead atoms. The number of amidine groups is 1. The first kappa shape index (κ1) is 17.8. The Morgan fingerprint density at radius 2 is 2.04 bits per heavy atom. The first-order chi connectivity index (χ1) is 12.1. The molecule has 10 heteroatoms. The van der Waals surface area contributed by atoms with E-state index in [9.17, 15) is 14.7 Å². The fourth-order valence-electron chi connectivity index (χ4n) is 2.67. The number of anilines is 1. The zero-order chi connectivity index (χ0) is 17.8. The summed E-state index contributed by atoms with van der Waals surface area (Å²) < 4.78 is 18.3. The van der Waals surface area contributed by atoms with E-state index < -0.39 is 5.82 Å². The molecule has 2 aromatic rings. The van der Waals surface area contributed by atoms with Crippen LogP contribution >= 0.6 is 15.9 Å². The van der Waals surface area contributed by atoms with Crippen molar-refractivity contribution in [3.8, 4) is 0 Å². The van der Waals surface area contributed by atoms with E-state index in [1.807, 2.05) is 5.48 Å². The quantitative estimate of drug-likeness (QED) is 0.345. The lowest BCUT2D eigenvalue weighted by Gasteiger charge is -2.26. The lowest BCUT2D eigenvalue weighted by molar-refractivity contribution is 0.126. The molecule has 0 aliphatic heterocycles. The summed E-state index contributed by atoms with van der Waals surface area (Å²) in [5.74, 6) is -0.0663. The molecule has 0 unspecified atom stereocenters. The number of aliphatic imine (C=N–C) groups is 1. The SMILES string of the molecule is ONC(=Nc1ccc(F)c(Br)c1)c1nonc1NC1CCC(O)CC1. The Labute approximate surface area is 151 Å². The Morgan fingerprint density at radius 1 is 1.28 bits per heavy atom. The Hall–Kier alpha value is -2.04. The molecule has 1 aliphatic rings. The van der Waals surface area contributed by atoms with E-state index in [0.717, 1.165) is 12.8 Å². The fourth-order valence-corrected chi connectivity index (χ4v) is 3.03. The van der Waals surface area contributed by atoms with Gasteiger partial charge in [-0.2, -0.15) is 0 Å². The largest absolute Gasteiger partial charge is 0.393 e. The molecular weight excluding hydrogens is 397 g/mol. The lowest BCUT2D eigenvalue weighted by Crippen LogP contribution is -2.30. The standard InChI is InChI=1S/C15H17BrFN5O3/c16-11-7-9(3-6-12(11)17)19-14(20-24)13-15(22-25-21-13)18-8-1-4-10(23)5-2-8/h3,6-8,10,23-24H,1-2,4-5H2,(H,18,22)(H,19,20). The molecule has 1 heterocycles. The highest BCUT2D eigenvalue weighted by Crippen LogP contribution is 2.25. The number of hydrogen-bond donors (Lipinski definition) is 4. The first-order valence-electron chi connectivity index (χ1n) is 7.78. The van der Waals surface area contributed by atoms with E-state index in [-0.39, 0.29) is 28.1 Å². The molecule has 4 N–H and O–H groups in total. The van der Waals surface area contributed by atoms with Crippen molar-refractivity contribution >= 4 is 33.3 Å². The summed E-state index contributed by atoms with van der Waals surface area (Å²) >= 11 is 3.09. The summed E-state index contributed by atoms with van der Waals surface area (Å²) in [5.41, 5.74) is 2.58. The second-order valence-electron chi connectivity index (χ2n) is 5.78. The summed E-state index contributed by atoms with van der Waals surface area (Å²) in [4.78, 5) is 4.20. The molecule has 25 heavy (non-hydrogen) atoms. The van der Waals surface area contributed by atoms with Gasteiger partial charge in [-0.15, -0.1) is 0 Å². The van der Waals surface area contributed by atoms with Crippen LogP contribution < -0.4 is 10.8 Å². The Kier molecular flexibility index (Phi) is 5.61. The van der Waals surface area contributed by atoms with Crippen molar-refractivity contribution in [1.29, 1.82) is 0 Å². The predicted molar refractivity (Wildman–Crippen MR) is 91.4 cm³/mol. The van der Waals surface area contributed by atoms with Gasteiger partial charge in [-0.3, -0.25) is 10.7 Å². The maximum Gasteiger partial charge on any atom is 0.202 e. The van der Waals surface area contributed by atoms with E-state index in [4.69, 9.17) is 4.63 Å². The van der Waals surface area contributed by atoms with Crippen molar-refractivity contribution < 1.29 is 19.3 Å². The van der Waals surface area contributed by atoms with Gasteiger partial charge >= 0.3 is 0 Å². The minimum Gasteiger partial charge on any atom is -0.393 e. The highest BCUT2D eigenvalue weighted by Gasteiger charge is 2.23. The molecule has 0 radical (unpaired) electrons. The van der Waals surface area contributed by atoms with Crippen molar-refractivity contribution in [2.45, 2.75) is 37.8 Å². The third kappa shape index (κ3) is 4.33. The highest BCUT2D eigenvalue weighted by atomic mass is 79.9. The number of rotatable bonds is 4. The van der Waals surface area contributed by atoms with Crippen molar-refractivity contribution in [1.82, 2.24) is 15.8 Å². The van der Waals surface area contributed by atoms with E-state index in [1.54, 1.807) is 0 Å². The molecule has 0 amide bonds. The molecule has 1 aromatic carbocycles. The second kappa shape index (κ2) is 7.89. The summed E-state index contributed by atoms with van der Waals surface area (Å²) in [7, 11) is 0. The summed E-state index contributed by atoms with van der Waals surface area (Å²) in [6, 6.07) is 4.30. The van der Waals surface area contributed by atoms with E-state index in [1.165, 1.54) is 18.2 Å².